The molecule has 1 aliphatic heterocycles. The Morgan fingerprint density at radius 1 is 1.53 bits per heavy atom. The van der Waals surface area contributed by atoms with Crippen molar-refractivity contribution in [2.45, 2.75) is 45.2 Å². The lowest BCUT2D eigenvalue weighted by Gasteiger charge is -2.29. The van der Waals surface area contributed by atoms with E-state index in [9.17, 15) is 9.59 Å². The molecule has 2 unspecified atom stereocenters. The van der Waals surface area contributed by atoms with Crippen LogP contribution in [-0.4, -0.2) is 47.4 Å². The van der Waals surface area contributed by atoms with E-state index in [1.807, 2.05) is 25.0 Å². The van der Waals surface area contributed by atoms with Gasteiger partial charge in [-0.3, -0.25) is 9.59 Å². The van der Waals surface area contributed by atoms with Gasteiger partial charge in [0.05, 0.1) is 0 Å². The van der Waals surface area contributed by atoms with E-state index in [0.717, 1.165) is 18.6 Å². The second-order valence-corrected chi connectivity index (χ2v) is 5.41. The van der Waals surface area contributed by atoms with Gasteiger partial charge in [-0.1, -0.05) is 13.3 Å². The first-order chi connectivity index (χ1) is 8.10. The van der Waals surface area contributed by atoms with Gasteiger partial charge in [0.2, 0.25) is 11.8 Å². The summed E-state index contributed by atoms with van der Waals surface area (Å²) in [4.78, 5) is 25.7. The van der Waals surface area contributed by atoms with Crippen molar-refractivity contribution in [1.29, 1.82) is 0 Å². The summed E-state index contributed by atoms with van der Waals surface area (Å²) in [5.41, 5.74) is 0. The molecule has 17 heavy (non-hydrogen) atoms. The van der Waals surface area contributed by atoms with Gasteiger partial charge < -0.3 is 10.2 Å². The smallest absolute Gasteiger partial charge is 0.245 e. The molecule has 0 spiro atoms. The Hall–Kier alpha value is -0.710. The number of hydrogen-bond acceptors (Lipinski definition) is 3. The summed E-state index contributed by atoms with van der Waals surface area (Å²) in [6.07, 6.45) is 4.09. The Balaban J connectivity index is 2.75. The molecule has 1 saturated heterocycles. The van der Waals surface area contributed by atoms with Gasteiger partial charge in [0.1, 0.15) is 6.04 Å². The zero-order valence-electron chi connectivity index (χ0n) is 10.9. The van der Waals surface area contributed by atoms with Gasteiger partial charge in [-0.2, -0.15) is 11.8 Å². The van der Waals surface area contributed by atoms with Gasteiger partial charge in [-0.25, -0.2) is 0 Å². The van der Waals surface area contributed by atoms with Crippen molar-refractivity contribution in [3.05, 3.63) is 0 Å². The number of carbonyl (C=O) groups excluding carboxylic acids is 2. The summed E-state index contributed by atoms with van der Waals surface area (Å²) in [5, 5.41) is 2.82. The van der Waals surface area contributed by atoms with Crippen LogP contribution >= 0.6 is 11.8 Å². The molecule has 0 aromatic rings. The maximum absolute atomic E-state index is 12.3. The maximum atomic E-state index is 12.3. The van der Waals surface area contributed by atoms with Crippen molar-refractivity contribution < 1.29 is 9.59 Å². The Morgan fingerprint density at radius 3 is 2.82 bits per heavy atom. The second-order valence-electron chi connectivity index (χ2n) is 4.49. The molecule has 98 valence electrons. The van der Waals surface area contributed by atoms with Crippen LogP contribution in [0.4, 0.5) is 0 Å². The summed E-state index contributed by atoms with van der Waals surface area (Å²) < 4.78 is 0. The number of hydrogen-bond donors (Lipinski definition) is 1. The van der Waals surface area contributed by atoms with E-state index in [1.54, 1.807) is 11.8 Å². The first-order valence-corrected chi connectivity index (χ1v) is 7.58. The van der Waals surface area contributed by atoms with Crippen LogP contribution in [0.1, 0.15) is 33.1 Å². The normalized spacial score (nSPS) is 23.2. The zero-order chi connectivity index (χ0) is 12.8. The van der Waals surface area contributed by atoms with Gasteiger partial charge in [-0.15, -0.1) is 0 Å². The van der Waals surface area contributed by atoms with Gasteiger partial charge in [0.25, 0.3) is 0 Å². The van der Waals surface area contributed by atoms with Crippen LogP contribution in [0.25, 0.3) is 0 Å². The predicted octanol–water partition coefficient (Wildman–Crippen LogP) is 1.26. The topological polar surface area (TPSA) is 49.4 Å². The van der Waals surface area contributed by atoms with E-state index in [0.29, 0.717) is 13.0 Å². The van der Waals surface area contributed by atoms with Crippen LogP contribution in [0.2, 0.25) is 0 Å². The summed E-state index contributed by atoms with van der Waals surface area (Å²) in [5.74, 6) is 0.994. The largest absolute Gasteiger partial charge is 0.344 e. The summed E-state index contributed by atoms with van der Waals surface area (Å²) in [6.45, 7) is 4.62. The molecular formula is C12H22N2O2S. The fraction of sp³-hybridized carbons (Fsp3) is 0.833. The number of carbonyl (C=O) groups is 2. The monoisotopic (exact) mass is 258 g/mol. The van der Waals surface area contributed by atoms with Gasteiger partial charge >= 0.3 is 0 Å². The molecule has 0 aromatic heterocycles. The summed E-state index contributed by atoms with van der Waals surface area (Å²) in [7, 11) is 0. The summed E-state index contributed by atoms with van der Waals surface area (Å²) in [6, 6.07) is -0.121. The first kappa shape index (κ1) is 14.4. The molecule has 4 nitrogen and oxygen atoms in total. The molecule has 1 rings (SSSR count). The van der Waals surface area contributed by atoms with E-state index >= 15 is 0 Å². The molecule has 1 heterocycles. The molecule has 0 bridgehead atoms. The Bertz CT molecular complexity index is 284. The molecular weight excluding hydrogens is 236 g/mol. The second kappa shape index (κ2) is 6.89. The predicted molar refractivity (Wildman–Crippen MR) is 71.0 cm³/mol. The van der Waals surface area contributed by atoms with E-state index in [4.69, 9.17) is 0 Å². The number of nitrogens with one attached hydrogen (secondary N) is 1. The lowest BCUT2D eigenvalue weighted by molar-refractivity contribution is -0.135. The minimum Gasteiger partial charge on any atom is -0.344 e. The van der Waals surface area contributed by atoms with Gasteiger partial charge in [-0.05, 0) is 19.6 Å². The summed E-state index contributed by atoms with van der Waals surface area (Å²) >= 11 is 1.73. The quantitative estimate of drug-likeness (QED) is 0.807. The van der Waals surface area contributed by atoms with Crippen molar-refractivity contribution in [2.24, 2.45) is 0 Å². The Kier molecular flexibility index (Phi) is 5.82. The maximum Gasteiger partial charge on any atom is 0.245 e. The molecule has 0 aliphatic carbocycles. The fourth-order valence-electron chi connectivity index (χ4n) is 2.11. The van der Waals surface area contributed by atoms with Crippen LogP contribution in [0.5, 0.6) is 0 Å². The highest BCUT2D eigenvalue weighted by Gasteiger charge is 2.31. The molecule has 2 amide bonds. The third kappa shape index (κ3) is 3.91. The van der Waals surface area contributed by atoms with Gasteiger partial charge in [0, 0.05) is 24.8 Å². The fourth-order valence-corrected chi connectivity index (χ4v) is 2.78. The third-order valence-electron chi connectivity index (χ3n) is 3.01. The molecule has 0 radical (unpaired) electrons. The minimum absolute atomic E-state index is 0.00403. The van der Waals surface area contributed by atoms with Crippen LogP contribution < -0.4 is 5.32 Å². The highest BCUT2D eigenvalue weighted by molar-refractivity contribution is 7.98. The molecule has 1 fully saturated rings. The van der Waals surface area contributed by atoms with E-state index in [1.165, 1.54) is 0 Å². The van der Waals surface area contributed by atoms with Crippen molar-refractivity contribution in [3.8, 4) is 0 Å². The van der Waals surface area contributed by atoms with Crippen molar-refractivity contribution >= 4 is 23.6 Å². The van der Waals surface area contributed by atoms with Crippen LogP contribution in [0.15, 0.2) is 0 Å². The van der Waals surface area contributed by atoms with Crippen molar-refractivity contribution in [2.75, 3.05) is 18.6 Å². The molecule has 2 atom stereocenters. The Morgan fingerprint density at radius 2 is 2.24 bits per heavy atom. The van der Waals surface area contributed by atoms with Crippen LogP contribution in [0.3, 0.4) is 0 Å². The van der Waals surface area contributed by atoms with E-state index in [-0.39, 0.29) is 23.9 Å². The average molecular weight is 258 g/mol. The number of amides is 2. The molecule has 5 heteroatoms. The number of nitrogens with zero attached hydrogens (tertiary/aromatic N) is 1. The minimum atomic E-state index is -0.320. The Labute approximate surface area is 108 Å². The standard InChI is InChI=1S/C12H22N2O2S/c1-4-5-10-12(16)14(9(2)8-17-3)7-6-11(15)13-10/h9-10H,4-8H2,1-3H3,(H,13,15). The zero-order valence-corrected chi connectivity index (χ0v) is 11.7. The highest BCUT2D eigenvalue weighted by atomic mass is 32.2. The third-order valence-corrected chi connectivity index (χ3v) is 3.83. The lowest BCUT2D eigenvalue weighted by atomic mass is 10.1. The van der Waals surface area contributed by atoms with Crippen molar-refractivity contribution in [3.63, 3.8) is 0 Å². The van der Waals surface area contributed by atoms with Crippen LogP contribution in [0, 0.1) is 0 Å². The number of thioether (sulfide) groups is 1. The number of rotatable bonds is 5. The van der Waals surface area contributed by atoms with Gasteiger partial charge in [0.15, 0.2) is 0 Å². The highest BCUT2D eigenvalue weighted by Crippen LogP contribution is 2.13. The lowest BCUT2D eigenvalue weighted by Crippen LogP contribution is -2.48. The van der Waals surface area contributed by atoms with E-state index < -0.39 is 0 Å². The SMILES string of the molecule is CCCC1NC(=O)CCN(C(C)CSC)C1=O. The average Bonchev–Trinajstić information content (AvgIpc) is 2.41. The molecule has 1 N–H and O–H groups in total. The molecule has 0 aromatic carbocycles. The van der Waals surface area contributed by atoms with Crippen LogP contribution in [-0.2, 0) is 9.59 Å². The molecule has 1 aliphatic rings. The van der Waals surface area contributed by atoms with Crippen molar-refractivity contribution in [1.82, 2.24) is 10.2 Å². The first-order valence-electron chi connectivity index (χ1n) is 6.19. The van der Waals surface area contributed by atoms with E-state index in [2.05, 4.69) is 5.32 Å². The molecule has 0 saturated carbocycles.